The lowest BCUT2D eigenvalue weighted by molar-refractivity contribution is -0.114. The van der Waals surface area contributed by atoms with Gasteiger partial charge in [-0.25, -0.2) is 0 Å². The minimum Gasteiger partial charge on any atom is -0.366 e. The first-order valence-corrected chi connectivity index (χ1v) is 2.94. The summed E-state index contributed by atoms with van der Waals surface area (Å²) < 4.78 is 0. The molecule has 0 aromatic rings. The number of carbonyl (C=O) groups excluding carboxylic acids is 1. The zero-order chi connectivity index (χ0) is 8.15. The van der Waals surface area contributed by atoms with E-state index in [0.29, 0.717) is 0 Å². The molecule has 0 atom stereocenters. The number of amides is 1. The summed E-state index contributed by atoms with van der Waals surface area (Å²) in [4.78, 5) is 10.4. The lowest BCUT2D eigenvalue weighted by atomic mass is 10.2. The van der Waals surface area contributed by atoms with Gasteiger partial charge in [0.1, 0.15) is 0 Å². The molecule has 0 heterocycles. The third kappa shape index (κ3) is 3.10. The molecule has 0 fully saturated rings. The van der Waals surface area contributed by atoms with Crippen molar-refractivity contribution in [3.05, 3.63) is 35.9 Å². The Morgan fingerprint density at radius 1 is 1.60 bits per heavy atom. The van der Waals surface area contributed by atoms with E-state index in [1.54, 1.807) is 0 Å². The van der Waals surface area contributed by atoms with Crippen LogP contribution in [0, 0.1) is 0 Å². The molecule has 0 saturated heterocycles. The SMILES string of the molecule is C=C/C(=C\C(=C)Cl)C(N)=O. The second-order valence-corrected chi connectivity index (χ2v) is 2.10. The molecule has 0 rings (SSSR count). The molecule has 0 spiro atoms. The number of allylic oxidation sites excluding steroid dienone is 2. The van der Waals surface area contributed by atoms with Crippen LogP contribution in [-0.2, 0) is 4.79 Å². The molecule has 2 nitrogen and oxygen atoms in total. The van der Waals surface area contributed by atoms with E-state index in [0.717, 1.165) is 0 Å². The van der Waals surface area contributed by atoms with Crippen LogP contribution in [0.4, 0.5) is 0 Å². The average molecular weight is 158 g/mol. The maximum atomic E-state index is 10.4. The van der Waals surface area contributed by atoms with Gasteiger partial charge < -0.3 is 5.73 Å². The van der Waals surface area contributed by atoms with E-state index in [-0.39, 0.29) is 10.6 Å². The number of rotatable bonds is 3. The summed E-state index contributed by atoms with van der Waals surface area (Å²) >= 11 is 5.37. The van der Waals surface area contributed by atoms with Crippen LogP contribution in [-0.4, -0.2) is 5.91 Å². The molecule has 0 aromatic carbocycles. The van der Waals surface area contributed by atoms with E-state index in [1.165, 1.54) is 12.2 Å². The van der Waals surface area contributed by atoms with E-state index in [2.05, 4.69) is 13.2 Å². The lowest BCUT2D eigenvalue weighted by Gasteiger charge is -1.91. The third-order valence-electron chi connectivity index (χ3n) is 0.817. The van der Waals surface area contributed by atoms with Gasteiger partial charge >= 0.3 is 0 Å². The van der Waals surface area contributed by atoms with Crippen LogP contribution in [0.15, 0.2) is 35.9 Å². The highest BCUT2D eigenvalue weighted by Crippen LogP contribution is 2.04. The number of hydrogen-bond donors (Lipinski definition) is 1. The molecule has 0 aromatic heterocycles. The molecule has 0 aliphatic rings. The Kier molecular flexibility index (Phi) is 3.51. The van der Waals surface area contributed by atoms with Crippen molar-refractivity contribution in [2.45, 2.75) is 0 Å². The largest absolute Gasteiger partial charge is 0.366 e. The lowest BCUT2D eigenvalue weighted by Crippen LogP contribution is -2.12. The first-order chi connectivity index (χ1) is 4.57. The summed E-state index contributed by atoms with van der Waals surface area (Å²) in [5.41, 5.74) is 5.18. The fraction of sp³-hybridized carbons (Fsp3) is 0. The Morgan fingerprint density at radius 2 is 2.10 bits per heavy atom. The summed E-state index contributed by atoms with van der Waals surface area (Å²) in [6, 6.07) is 0. The molecule has 1 amide bonds. The molecular weight excluding hydrogens is 150 g/mol. The summed E-state index contributed by atoms with van der Waals surface area (Å²) in [6.07, 6.45) is 2.69. The summed E-state index contributed by atoms with van der Waals surface area (Å²) in [7, 11) is 0. The van der Waals surface area contributed by atoms with Gasteiger partial charge in [0.05, 0.1) is 0 Å². The highest BCUT2D eigenvalue weighted by atomic mass is 35.5. The minimum absolute atomic E-state index is 0.258. The van der Waals surface area contributed by atoms with Gasteiger partial charge in [0.2, 0.25) is 5.91 Å². The molecular formula is C7H8ClNO. The highest BCUT2D eigenvalue weighted by molar-refractivity contribution is 6.31. The van der Waals surface area contributed by atoms with Crippen LogP contribution in [0.25, 0.3) is 0 Å². The molecule has 0 bridgehead atoms. The fourth-order valence-corrected chi connectivity index (χ4v) is 0.517. The van der Waals surface area contributed by atoms with Crippen molar-refractivity contribution in [2.75, 3.05) is 0 Å². The van der Waals surface area contributed by atoms with Gasteiger partial charge in [0, 0.05) is 10.6 Å². The summed E-state index contributed by atoms with van der Waals surface area (Å²) in [5, 5.41) is 0.258. The first kappa shape index (κ1) is 8.98. The smallest absolute Gasteiger partial charge is 0.248 e. The zero-order valence-corrected chi connectivity index (χ0v) is 6.19. The van der Waals surface area contributed by atoms with Crippen LogP contribution < -0.4 is 5.73 Å². The molecule has 0 aliphatic carbocycles. The van der Waals surface area contributed by atoms with Crippen molar-refractivity contribution < 1.29 is 4.79 Å². The van der Waals surface area contributed by atoms with Crippen LogP contribution in [0.5, 0.6) is 0 Å². The van der Waals surface area contributed by atoms with E-state index in [4.69, 9.17) is 17.3 Å². The van der Waals surface area contributed by atoms with Crippen LogP contribution in [0.2, 0.25) is 0 Å². The molecule has 2 N–H and O–H groups in total. The van der Waals surface area contributed by atoms with Gasteiger partial charge in [-0.05, 0) is 6.08 Å². The van der Waals surface area contributed by atoms with E-state index in [9.17, 15) is 4.79 Å². The van der Waals surface area contributed by atoms with Crippen molar-refractivity contribution in [2.24, 2.45) is 5.73 Å². The standard InChI is InChI=1S/C7H8ClNO/c1-3-6(7(9)10)4-5(2)8/h3-4H,1-2H2,(H2,9,10)/b6-4+. The van der Waals surface area contributed by atoms with Crippen LogP contribution in [0.3, 0.4) is 0 Å². The minimum atomic E-state index is -0.559. The first-order valence-electron chi connectivity index (χ1n) is 2.56. The fourth-order valence-electron chi connectivity index (χ4n) is 0.399. The molecule has 10 heavy (non-hydrogen) atoms. The molecule has 0 saturated carbocycles. The van der Waals surface area contributed by atoms with Gasteiger partial charge in [0.25, 0.3) is 0 Å². The zero-order valence-electron chi connectivity index (χ0n) is 5.43. The monoisotopic (exact) mass is 157 g/mol. The molecule has 3 heteroatoms. The topological polar surface area (TPSA) is 43.1 Å². The van der Waals surface area contributed by atoms with Crippen LogP contribution in [0.1, 0.15) is 0 Å². The molecule has 0 unspecified atom stereocenters. The van der Waals surface area contributed by atoms with Gasteiger partial charge in [-0.15, -0.1) is 0 Å². The Balaban J connectivity index is 4.49. The Bertz CT molecular complexity index is 206. The van der Waals surface area contributed by atoms with Crippen molar-refractivity contribution in [1.82, 2.24) is 0 Å². The highest BCUT2D eigenvalue weighted by Gasteiger charge is 1.97. The molecule has 0 radical (unpaired) electrons. The molecule has 54 valence electrons. The normalized spacial score (nSPS) is 10.7. The summed E-state index contributed by atoms with van der Waals surface area (Å²) in [5.74, 6) is -0.559. The Morgan fingerprint density at radius 3 is 2.20 bits per heavy atom. The number of primary amides is 1. The average Bonchev–Trinajstić information content (AvgIpc) is 1.81. The van der Waals surface area contributed by atoms with Crippen molar-refractivity contribution in [1.29, 1.82) is 0 Å². The quantitative estimate of drug-likeness (QED) is 0.488. The van der Waals surface area contributed by atoms with Crippen molar-refractivity contribution in [3.63, 3.8) is 0 Å². The maximum absolute atomic E-state index is 10.4. The summed E-state index contributed by atoms with van der Waals surface area (Å²) in [6.45, 7) is 6.73. The second-order valence-electron chi connectivity index (χ2n) is 1.61. The Labute approximate surface area is 64.7 Å². The van der Waals surface area contributed by atoms with E-state index in [1.807, 2.05) is 0 Å². The van der Waals surface area contributed by atoms with Gasteiger partial charge in [-0.2, -0.15) is 0 Å². The third-order valence-corrected chi connectivity index (χ3v) is 0.926. The van der Waals surface area contributed by atoms with Crippen molar-refractivity contribution in [3.8, 4) is 0 Å². The predicted octanol–water partition coefficient (Wildman–Crippen LogP) is 1.34. The molecule has 0 aliphatic heterocycles. The number of carbonyl (C=O) groups is 1. The number of hydrogen-bond acceptors (Lipinski definition) is 1. The van der Waals surface area contributed by atoms with Gasteiger partial charge in [-0.1, -0.05) is 30.8 Å². The van der Waals surface area contributed by atoms with Gasteiger partial charge in [-0.3, -0.25) is 4.79 Å². The predicted molar refractivity (Wildman–Crippen MR) is 42.5 cm³/mol. The number of halogens is 1. The second kappa shape index (κ2) is 3.90. The van der Waals surface area contributed by atoms with E-state index >= 15 is 0 Å². The maximum Gasteiger partial charge on any atom is 0.248 e. The van der Waals surface area contributed by atoms with E-state index < -0.39 is 5.91 Å². The Hall–Kier alpha value is -1.02. The van der Waals surface area contributed by atoms with Crippen LogP contribution >= 0.6 is 11.6 Å². The number of nitrogens with two attached hydrogens (primary N) is 1. The van der Waals surface area contributed by atoms with Gasteiger partial charge in [0.15, 0.2) is 0 Å². The van der Waals surface area contributed by atoms with Crippen molar-refractivity contribution >= 4 is 17.5 Å².